The Morgan fingerprint density at radius 1 is 1.21 bits per heavy atom. The summed E-state index contributed by atoms with van der Waals surface area (Å²) in [6.45, 7) is 2.39. The van der Waals surface area contributed by atoms with Crippen LogP contribution >= 0.6 is 0 Å². The van der Waals surface area contributed by atoms with Gasteiger partial charge in [-0.15, -0.1) is 0 Å². The fraction of sp³-hybridized carbons (Fsp3) is 1.00. The van der Waals surface area contributed by atoms with Crippen molar-refractivity contribution in [1.29, 1.82) is 0 Å². The Morgan fingerprint density at radius 3 is 2.36 bits per heavy atom. The van der Waals surface area contributed by atoms with Crippen molar-refractivity contribution in [2.24, 2.45) is 22.4 Å². The van der Waals surface area contributed by atoms with Gasteiger partial charge in [-0.25, -0.2) is 0 Å². The van der Waals surface area contributed by atoms with Crippen molar-refractivity contribution >= 4 is 0 Å². The summed E-state index contributed by atoms with van der Waals surface area (Å²) in [4.78, 5) is 3.08. The average Bonchev–Trinajstić information content (AvgIpc) is 1.97. The normalized spacial score (nSPS) is 54.4. The molecule has 4 bridgehead atoms. The van der Waals surface area contributed by atoms with Crippen LogP contribution in [0.3, 0.4) is 0 Å². The number of nitrogens with zero attached hydrogens (tertiary/aromatic N) is 3. The van der Waals surface area contributed by atoms with Gasteiger partial charge in [-0.2, -0.15) is 0 Å². The molecule has 4 rings (SSSR count). The van der Waals surface area contributed by atoms with Gasteiger partial charge in [-0.3, -0.25) is 0 Å². The van der Waals surface area contributed by atoms with Gasteiger partial charge in [0.15, 0.2) is 0 Å². The second-order valence-corrected chi connectivity index (χ2v) is 6.19. The first-order valence-corrected chi connectivity index (χ1v) is 5.69. The van der Waals surface area contributed by atoms with Crippen molar-refractivity contribution < 1.29 is 0 Å². The van der Waals surface area contributed by atoms with Crippen LogP contribution < -0.4 is 0 Å². The minimum atomic E-state index is 0.0214. The predicted octanol–water partition coefficient (Wildman–Crippen LogP) is 3.66. The van der Waals surface area contributed by atoms with Crippen LogP contribution in [0.4, 0.5) is 0 Å². The lowest BCUT2D eigenvalue weighted by Gasteiger charge is -2.59. The number of hydrogen-bond acceptors (Lipinski definition) is 1. The molecule has 0 spiro atoms. The molecule has 4 fully saturated rings. The van der Waals surface area contributed by atoms with Gasteiger partial charge < -0.3 is 0 Å². The molecule has 0 aromatic rings. The fourth-order valence-corrected chi connectivity index (χ4v) is 4.88. The van der Waals surface area contributed by atoms with E-state index in [0.717, 1.165) is 18.3 Å². The standard InChI is InChI=1S/C11H17N3/c1-10-3-8-2-9(4-10)6-11(5-8,7-10)13-14-12/h8-9H,2-7H2,1H3. The molecule has 2 atom stereocenters. The van der Waals surface area contributed by atoms with Gasteiger partial charge >= 0.3 is 0 Å². The van der Waals surface area contributed by atoms with Crippen LogP contribution in [0.2, 0.25) is 0 Å². The Balaban J connectivity index is 2.00. The topological polar surface area (TPSA) is 48.8 Å². The van der Waals surface area contributed by atoms with Gasteiger partial charge in [0.05, 0.1) is 0 Å². The Hall–Kier alpha value is -0.690. The van der Waals surface area contributed by atoms with Crippen molar-refractivity contribution in [1.82, 2.24) is 0 Å². The van der Waals surface area contributed by atoms with E-state index in [1.165, 1.54) is 32.1 Å². The molecule has 14 heavy (non-hydrogen) atoms. The highest BCUT2D eigenvalue weighted by atomic mass is 15.2. The third kappa shape index (κ3) is 1.08. The predicted molar refractivity (Wildman–Crippen MR) is 54.7 cm³/mol. The van der Waals surface area contributed by atoms with E-state index < -0.39 is 0 Å². The Labute approximate surface area is 84.5 Å². The second-order valence-electron chi connectivity index (χ2n) is 6.19. The first-order chi connectivity index (χ1) is 6.63. The molecule has 4 aliphatic rings. The van der Waals surface area contributed by atoms with Gasteiger partial charge in [-0.05, 0) is 61.3 Å². The number of rotatable bonds is 1. The zero-order valence-electron chi connectivity index (χ0n) is 8.74. The Kier molecular flexibility index (Phi) is 1.51. The summed E-state index contributed by atoms with van der Waals surface area (Å²) >= 11 is 0. The van der Waals surface area contributed by atoms with Crippen LogP contribution in [0.1, 0.15) is 45.4 Å². The summed E-state index contributed by atoms with van der Waals surface area (Å²) in [5.41, 5.74) is 9.19. The molecule has 2 unspecified atom stereocenters. The maximum Gasteiger partial charge on any atom is 0.0498 e. The van der Waals surface area contributed by atoms with Crippen LogP contribution in [0.25, 0.3) is 10.4 Å². The SMILES string of the molecule is CC12CC3CC(C1)CC(N=[N+]=[N-])(C3)C2. The van der Waals surface area contributed by atoms with Gasteiger partial charge in [0.2, 0.25) is 0 Å². The molecule has 0 radical (unpaired) electrons. The lowest BCUT2D eigenvalue weighted by molar-refractivity contribution is -0.0560. The highest BCUT2D eigenvalue weighted by Crippen LogP contribution is 2.62. The van der Waals surface area contributed by atoms with Crippen LogP contribution in [-0.2, 0) is 0 Å². The largest absolute Gasteiger partial charge is 0.0872 e. The molecule has 0 aromatic heterocycles. The number of azide groups is 1. The molecule has 0 aromatic carbocycles. The van der Waals surface area contributed by atoms with Crippen LogP contribution in [-0.4, -0.2) is 5.54 Å². The van der Waals surface area contributed by atoms with Gasteiger partial charge in [0.25, 0.3) is 0 Å². The van der Waals surface area contributed by atoms with Crippen molar-refractivity contribution in [2.75, 3.05) is 0 Å². The first kappa shape index (κ1) is 8.60. The third-order valence-corrected chi connectivity index (χ3v) is 4.58. The minimum Gasteiger partial charge on any atom is -0.0872 e. The molecule has 4 aliphatic carbocycles. The molecule has 0 saturated heterocycles. The molecule has 0 heterocycles. The van der Waals surface area contributed by atoms with Gasteiger partial charge in [0, 0.05) is 10.5 Å². The third-order valence-electron chi connectivity index (χ3n) is 4.58. The molecule has 76 valence electrons. The minimum absolute atomic E-state index is 0.0214. The monoisotopic (exact) mass is 191 g/mol. The number of hydrogen-bond donors (Lipinski definition) is 0. The van der Waals surface area contributed by atoms with Gasteiger partial charge in [-0.1, -0.05) is 12.0 Å². The van der Waals surface area contributed by atoms with Crippen molar-refractivity contribution in [3.8, 4) is 0 Å². The van der Waals surface area contributed by atoms with E-state index in [2.05, 4.69) is 16.9 Å². The fourth-order valence-electron chi connectivity index (χ4n) is 4.88. The highest BCUT2D eigenvalue weighted by molar-refractivity contribution is 5.10. The molecule has 0 aliphatic heterocycles. The van der Waals surface area contributed by atoms with Crippen molar-refractivity contribution in [3.05, 3.63) is 10.4 Å². The quantitative estimate of drug-likeness (QED) is 0.345. The Bertz CT molecular complexity index is 302. The second kappa shape index (κ2) is 2.46. The van der Waals surface area contributed by atoms with Crippen LogP contribution in [0, 0.1) is 17.3 Å². The average molecular weight is 191 g/mol. The Morgan fingerprint density at radius 2 is 1.86 bits per heavy atom. The van der Waals surface area contributed by atoms with E-state index >= 15 is 0 Å². The van der Waals surface area contributed by atoms with Crippen molar-refractivity contribution in [3.63, 3.8) is 0 Å². The van der Waals surface area contributed by atoms with Crippen LogP contribution in [0.15, 0.2) is 5.11 Å². The summed E-state index contributed by atoms with van der Waals surface area (Å²) < 4.78 is 0. The van der Waals surface area contributed by atoms with E-state index in [1.807, 2.05) is 0 Å². The lowest BCUT2D eigenvalue weighted by Crippen LogP contribution is -2.53. The molecule has 0 amide bonds. The van der Waals surface area contributed by atoms with E-state index in [0.29, 0.717) is 5.41 Å². The smallest absolute Gasteiger partial charge is 0.0498 e. The summed E-state index contributed by atoms with van der Waals surface area (Å²) in [5.74, 6) is 1.71. The van der Waals surface area contributed by atoms with E-state index in [9.17, 15) is 0 Å². The summed E-state index contributed by atoms with van der Waals surface area (Å²) in [7, 11) is 0. The summed E-state index contributed by atoms with van der Waals surface area (Å²) in [5, 5.41) is 4.14. The zero-order chi connectivity index (χ0) is 9.81. The highest BCUT2D eigenvalue weighted by Gasteiger charge is 2.55. The molecule has 3 heteroatoms. The zero-order valence-corrected chi connectivity index (χ0v) is 8.74. The summed E-state index contributed by atoms with van der Waals surface area (Å²) in [6.07, 6.45) is 7.65. The van der Waals surface area contributed by atoms with Crippen LogP contribution in [0.5, 0.6) is 0 Å². The van der Waals surface area contributed by atoms with Gasteiger partial charge in [0.1, 0.15) is 0 Å². The van der Waals surface area contributed by atoms with E-state index in [4.69, 9.17) is 5.53 Å². The maximum absolute atomic E-state index is 8.67. The molecule has 4 saturated carbocycles. The van der Waals surface area contributed by atoms with Crippen molar-refractivity contribution in [2.45, 2.75) is 51.0 Å². The van der Waals surface area contributed by atoms with E-state index in [1.54, 1.807) is 0 Å². The molecule has 3 nitrogen and oxygen atoms in total. The molecular formula is C11H17N3. The molecular weight excluding hydrogens is 174 g/mol. The lowest BCUT2D eigenvalue weighted by atomic mass is 9.48. The van der Waals surface area contributed by atoms with E-state index in [-0.39, 0.29) is 5.54 Å². The maximum atomic E-state index is 8.67. The molecule has 0 N–H and O–H groups in total. The summed E-state index contributed by atoms with van der Waals surface area (Å²) in [6, 6.07) is 0. The first-order valence-electron chi connectivity index (χ1n) is 5.69.